The zero-order valence-electron chi connectivity index (χ0n) is 19.5. The predicted molar refractivity (Wildman–Crippen MR) is 123 cm³/mol. The molecule has 3 fully saturated rings. The number of rotatable bonds is 5. The van der Waals surface area contributed by atoms with Gasteiger partial charge in [-0.2, -0.15) is 0 Å². The number of likely N-dealkylation sites (tertiary alicyclic amines) is 1. The summed E-state index contributed by atoms with van der Waals surface area (Å²) < 4.78 is 43.5. The number of hydrogen-bond donors (Lipinski definition) is 1. The molecule has 9 nitrogen and oxygen atoms in total. The van der Waals surface area contributed by atoms with E-state index >= 15 is 0 Å². The fourth-order valence-electron chi connectivity index (χ4n) is 4.73. The van der Waals surface area contributed by atoms with Gasteiger partial charge in [-0.25, -0.2) is 17.6 Å². The molecule has 1 atom stereocenters. The first kappa shape index (κ1) is 23.2. The summed E-state index contributed by atoms with van der Waals surface area (Å²) in [5.74, 6) is 0.366. The Morgan fingerprint density at radius 1 is 1.21 bits per heavy atom. The van der Waals surface area contributed by atoms with Gasteiger partial charge in [0.15, 0.2) is 9.84 Å². The Balaban J connectivity index is 1.15. The van der Waals surface area contributed by atoms with E-state index in [0.29, 0.717) is 31.9 Å². The van der Waals surface area contributed by atoms with Crippen LogP contribution in [0.25, 0.3) is 0 Å². The number of hydrogen-bond acceptors (Lipinski definition) is 8. The van der Waals surface area contributed by atoms with Crippen molar-refractivity contribution >= 4 is 21.6 Å². The summed E-state index contributed by atoms with van der Waals surface area (Å²) in [5, 5.41) is 1.96. The van der Waals surface area contributed by atoms with Crippen molar-refractivity contribution in [2.75, 3.05) is 37.3 Å². The third-order valence-corrected chi connectivity index (χ3v) is 8.33. The van der Waals surface area contributed by atoms with Crippen LogP contribution in [0, 0.1) is 11.7 Å². The number of benzene rings is 1. The number of nitrogens with one attached hydrogen (secondary N) is 1. The lowest BCUT2D eigenvalue weighted by molar-refractivity contribution is -0.0240. The third kappa shape index (κ3) is 4.81. The number of piperidine rings is 1. The minimum Gasteiger partial charge on any atom is -0.443 e. The molecule has 5 rings (SSSR count). The number of sulfone groups is 1. The Morgan fingerprint density at radius 2 is 1.94 bits per heavy atom. The maximum Gasteiger partial charge on any atom is 0.410 e. The molecule has 3 aliphatic heterocycles. The highest BCUT2D eigenvalue weighted by molar-refractivity contribution is 7.90. The van der Waals surface area contributed by atoms with E-state index in [1.54, 1.807) is 4.90 Å². The number of carbonyl (C=O) groups excluding carboxylic acids is 1. The summed E-state index contributed by atoms with van der Waals surface area (Å²) in [6.07, 6.45) is 7.12. The Labute approximate surface area is 199 Å². The van der Waals surface area contributed by atoms with Gasteiger partial charge in [0, 0.05) is 38.4 Å². The summed E-state index contributed by atoms with van der Waals surface area (Å²) >= 11 is 0. The lowest BCUT2D eigenvalue weighted by Gasteiger charge is -2.35. The van der Waals surface area contributed by atoms with Crippen molar-refractivity contribution in [3.05, 3.63) is 36.0 Å². The maximum absolute atomic E-state index is 14.6. The molecule has 1 unspecified atom stereocenters. The van der Waals surface area contributed by atoms with E-state index in [-0.39, 0.29) is 28.5 Å². The molecule has 34 heavy (non-hydrogen) atoms. The van der Waals surface area contributed by atoms with Gasteiger partial charge < -0.3 is 19.4 Å². The lowest BCUT2D eigenvalue weighted by atomic mass is 10.0. The summed E-state index contributed by atoms with van der Waals surface area (Å²) in [4.78, 5) is 21.8. The first-order valence-corrected chi connectivity index (χ1v) is 13.7. The second kappa shape index (κ2) is 8.60. The number of hydrazine groups is 1. The van der Waals surface area contributed by atoms with Gasteiger partial charge in [-0.05, 0) is 57.2 Å². The monoisotopic (exact) mass is 494 g/mol. The molecule has 1 aliphatic carbocycles. The topological polar surface area (TPSA) is 91.4 Å². The predicted octanol–water partition coefficient (Wildman–Crippen LogP) is 2.80. The number of halogens is 1. The SMILES string of the molecule is CC1(OC(=O)N2CCC(N3C=C(C4CCN(c5ccc(S(C)(=O)=O)cc5F)C4)ON3)CC2)CC1. The van der Waals surface area contributed by atoms with Gasteiger partial charge in [0.1, 0.15) is 17.2 Å². The van der Waals surface area contributed by atoms with Gasteiger partial charge in [-0.15, -0.1) is 0 Å². The summed E-state index contributed by atoms with van der Waals surface area (Å²) in [7, 11) is -3.45. The molecule has 0 spiro atoms. The van der Waals surface area contributed by atoms with Crippen LogP contribution in [-0.2, 0) is 19.4 Å². The minimum atomic E-state index is -3.45. The van der Waals surface area contributed by atoms with Crippen LogP contribution in [0.2, 0.25) is 0 Å². The second-order valence-electron chi connectivity index (χ2n) is 9.99. The number of ether oxygens (including phenoxy) is 1. The summed E-state index contributed by atoms with van der Waals surface area (Å²) in [5.41, 5.74) is 3.12. The molecule has 186 valence electrons. The van der Waals surface area contributed by atoms with Crippen molar-refractivity contribution < 1.29 is 27.2 Å². The van der Waals surface area contributed by atoms with Crippen LogP contribution in [0.5, 0.6) is 0 Å². The van der Waals surface area contributed by atoms with E-state index in [2.05, 4.69) is 5.59 Å². The Kier molecular flexibility index (Phi) is 5.87. The fraction of sp³-hybridized carbons (Fsp3) is 0.609. The van der Waals surface area contributed by atoms with E-state index in [1.807, 2.05) is 23.0 Å². The largest absolute Gasteiger partial charge is 0.443 e. The average Bonchev–Trinajstić information content (AvgIpc) is 3.20. The molecule has 4 aliphatic rings. The van der Waals surface area contributed by atoms with Gasteiger partial charge >= 0.3 is 6.09 Å². The highest BCUT2D eigenvalue weighted by Crippen LogP contribution is 2.39. The van der Waals surface area contributed by atoms with E-state index in [9.17, 15) is 17.6 Å². The zero-order valence-corrected chi connectivity index (χ0v) is 20.3. The Bertz CT molecular complexity index is 1100. The third-order valence-electron chi connectivity index (χ3n) is 7.22. The maximum atomic E-state index is 14.6. The van der Waals surface area contributed by atoms with Gasteiger partial charge in [0.2, 0.25) is 0 Å². The molecule has 1 N–H and O–H groups in total. The Hall–Kier alpha value is -2.53. The van der Waals surface area contributed by atoms with Gasteiger partial charge in [0.05, 0.1) is 22.8 Å². The van der Waals surface area contributed by atoms with E-state index < -0.39 is 15.7 Å². The van der Waals surface area contributed by atoms with Crippen molar-refractivity contribution in [3.8, 4) is 0 Å². The number of nitrogens with zero attached hydrogens (tertiary/aromatic N) is 3. The van der Waals surface area contributed by atoms with Crippen LogP contribution in [-0.4, -0.2) is 68.5 Å². The standard InChI is InChI=1S/C23H31FN4O5S/c1-23(8-9-23)32-22(29)26-11-6-17(7-12-26)28-15-21(33-25-28)16-5-10-27(14-16)20-4-3-18(13-19(20)24)34(2,30)31/h3-4,13,15-17,25H,5-12,14H2,1-2H3. The van der Waals surface area contributed by atoms with Gasteiger partial charge in [0.25, 0.3) is 0 Å². The molecular formula is C23H31FN4O5S. The molecule has 0 aromatic heterocycles. The first-order chi connectivity index (χ1) is 16.1. The molecule has 0 bridgehead atoms. The van der Waals surface area contributed by atoms with Crippen LogP contribution in [0.15, 0.2) is 35.1 Å². The molecule has 11 heteroatoms. The number of amides is 1. The normalized spacial score (nSPS) is 24.7. The van der Waals surface area contributed by atoms with Crippen LogP contribution >= 0.6 is 0 Å². The first-order valence-electron chi connectivity index (χ1n) is 11.8. The van der Waals surface area contributed by atoms with Gasteiger partial charge in [-0.1, -0.05) is 5.59 Å². The van der Waals surface area contributed by atoms with Crippen molar-refractivity contribution in [3.63, 3.8) is 0 Å². The van der Waals surface area contributed by atoms with E-state index in [1.165, 1.54) is 12.1 Å². The highest BCUT2D eigenvalue weighted by Gasteiger charge is 2.43. The molecule has 1 saturated carbocycles. The smallest absolute Gasteiger partial charge is 0.410 e. The Morgan fingerprint density at radius 3 is 2.59 bits per heavy atom. The van der Waals surface area contributed by atoms with Crippen molar-refractivity contribution in [2.24, 2.45) is 5.92 Å². The van der Waals surface area contributed by atoms with Crippen LogP contribution < -0.4 is 10.5 Å². The molecule has 1 aromatic carbocycles. The lowest BCUT2D eigenvalue weighted by Crippen LogP contribution is -2.48. The van der Waals surface area contributed by atoms with Gasteiger partial charge in [-0.3, -0.25) is 5.01 Å². The second-order valence-corrected chi connectivity index (χ2v) is 12.0. The van der Waals surface area contributed by atoms with Crippen LogP contribution in [0.4, 0.5) is 14.9 Å². The average molecular weight is 495 g/mol. The molecule has 2 saturated heterocycles. The van der Waals surface area contributed by atoms with E-state index in [0.717, 1.165) is 50.2 Å². The van der Waals surface area contributed by atoms with Crippen molar-refractivity contribution in [2.45, 2.75) is 55.6 Å². The van der Waals surface area contributed by atoms with Crippen molar-refractivity contribution in [1.82, 2.24) is 15.5 Å². The highest BCUT2D eigenvalue weighted by atomic mass is 32.2. The van der Waals surface area contributed by atoms with Crippen molar-refractivity contribution in [1.29, 1.82) is 0 Å². The van der Waals surface area contributed by atoms with Crippen LogP contribution in [0.1, 0.15) is 39.0 Å². The zero-order chi connectivity index (χ0) is 24.1. The quantitative estimate of drug-likeness (QED) is 0.668. The molecule has 0 radical (unpaired) electrons. The molecular weight excluding hydrogens is 463 g/mol. The van der Waals surface area contributed by atoms with E-state index in [4.69, 9.17) is 9.57 Å². The summed E-state index contributed by atoms with van der Waals surface area (Å²) in [6, 6.07) is 4.27. The van der Waals surface area contributed by atoms with Crippen LogP contribution in [0.3, 0.4) is 0 Å². The summed E-state index contributed by atoms with van der Waals surface area (Å²) in [6.45, 7) is 4.49. The fourth-order valence-corrected chi connectivity index (χ4v) is 5.36. The molecule has 1 amide bonds. The number of anilines is 1. The molecule has 1 aromatic rings. The molecule has 3 heterocycles. The number of carbonyl (C=O) groups is 1. The minimum absolute atomic E-state index is 0.0211.